The van der Waals surface area contributed by atoms with Crippen molar-refractivity contribution in [1.29, 1.82) is 0 Å². The molecular weight excluding hydrogens is 328 g/mol. The zero-order valence-corrected chi connectivity index (χ0v) is 12.4. The molecule has 0 aliphatic carbocycles. The molecule has 2 aromatic rings. The molecule has 1 heterocycles. The number of anilines is 1. The minimum Gasteiger partial charge on any atom is -0.320 e. The molecule has 2 N–H and O–H groups in total. The Morgan fingerprint density at radius 2 is 2.09 bits per heavy atom. The van der Waals surface area contributed by atoms with Gasteiger partial charge in [0.2, 0.25) is 5.91 Å². The lowest BCUT2D eigenvalue weighted by atomic mass is 10.2. The molecule has 0 aliphatic rings. The van der Waals surface area contributed by atoms with Crippen molar-refractivity contribution >= 4 is 28.9 Å². The van der Waals surface area contributed by atoms with E-state index < -0.39 is 22.1 Å². The summed E-state index contributed by atoms with van der Waals surface area (Å²) in [6, 6.07) is 5.02. The summed E-state index contributed by atoms with van der Waals surface area (Å²) in [6.07, 6.45) is 1.16. The molecule has 1 amide bonds. The third-order valence-electron chi connectivity index (χ3n) is 2.91. The van der Waals surface area contributed by atoms with Crippen LogP contribution in [-0.2, 0) is 11.3 Å². The fraction of sp³-hybridized carbons (Fsp3) is 0.154. The van der Waals surface area contributed by atoms with Crippen LogP contribution in [0.1, 0.15) is 6.42 Å². The van der Waals surface area contributed by atoms with E-state index in [-0.39, 0.29) is 29.4 Å². The number of amides is 1. The predicted molar refractivity (Wildman–Crippen MR) is 82.7 cm³/mol. The van der Waals surface area contributed by atoms with Gasteiger partial charge in [0.25, 0.3) is 11.2 Å². The molecule has 0 aliphatic heterocycles. The second-order valence-electron chi connectivity index (χ2n) is 4.52. The number of hydrogen-bond donors (Lipinski definition) is 2. The Hall–Kier alpha value is -2.94. The van der Waals surface area contributed by atoms with Gasteiger partial charge in [-0.15, -0.1) is 0 Å². The van der Waals surface area contributed by atoms with Crippen LogP contribution < -0.4 is 16.6 Å². The summed E-state index contributed by atoms with van der Waals surface area (Å²) in [4.78, 5) is 46.6. The first kappa shape index (κ1) is 16.4. The second kappa shape index (κ2) is 6.88. The van der Waals surface area contributed by atoms with Gasteiger partial charge >= 0.3 is 5.69 Å². The zero-order chi connectivity index (χ0) is 17.0. The van der Waals surface area contributed by atoms with E-state index in [0.717, 1.165) is 16.7 Å². The Morgan fingerprint density at radius 3 is 2.74 bits per heavy atom. The lowest BCUT2D eigenvalue weighted by Crippen LogP contribution is -2.29. The average Bonchev–Trinajstić information content (AvgIpc) is 2.48. The summed E-state index contributed by atoms with van der Waals surface area (Å²) >= 11 is 5.68. The Kier molecular flexibility index (Phi) is 4.91. The third kappa shape index (κ3) is 4.27. The molecule has 0 atom stereocenters. The molecule has 9 nitrogen and oxygen atoms in total. The molecular formula is C13H11ClN4O5. The maximum absolute atomic E-state index is 11.9. The summed E-state index contributed by atoms with van der Waals surface area (Å²) in [5.41, 5.74) is -1.49. The monoisotopic (exact) mass is 338 g/mol. The Bertz CT molecular complexity index is 873. The van der Waals surface area contributed by atoms with Gasteiger partial charge in [-0.05, 0) is 12.1 Å². The smallest absolute Gasteiger partial charge is 0.320 e. The standard InChI is InChI=1S/C13H11ClN4O5/c14-8-1-2-9(10(7-8)18(22)23)15-11(19)3-5-17-6-4-12(20)16-13(17)21/h1-2,4,6-7H,3,5H2,(H,15,19)(H,16,20,21). The molecule has 0 unspecified atom stereocenters. The van der Waals surface area contributed by atoms with Crippen molar-refractivity contribution in [3.63, 3.8) is 0 Å². The van der Waals surface area contributed by atoms with E-state index >= 15 is 0 Å². The quantitative estimate of drug-likeness (QED) is 0.624. The number of benzene rings is 1. The fourth-order valence-corrected chi connectivity index (χ4v) is 1.98. The predicted octanol–water partition coefficient (Wildman–Crippen LogP) is 1.13. The lowest BCUT2D eigenvalue weighted by Gasteiger charge is -2.07. The summed E-state index contributed by atoms with van der Waals surface area (Å²) in [5, 5.41) is 13.5. The number of carbonyl (C=O) groups excluding carboxylic acids is 1. The van der Waals surface area contributed by atoms with Gasteiger partial charge in [-0.25, -0.2) is 4.79 Å². The Labute approximate surface area is 133 Å². The Morgan fingerprint density at radius 1 is 1.35 bits per heavy atom. The molecule has 0 fully saturated rings. The highest BCUT2D eigenvalue weighted by molar-refractivity contribution is 6.31. The topological polar surface area (TPSA) is 127 Å². The molecule has 1 aromatic heterocycles. The van der Waals surface area contributed by atoms with Crippen molar-refractivity contribution in [2.45, 2.75) is 13.0 Å². The molecule has 0 saturated heterocycles. The molecule has 1 aromatic carbocycles. The number of H-pyrrole nitrogens is 1. The van der Waals surface area contributed by atoms with E-state index in [1.807, 2.05) is 0 Å². The highest BCUT2D eigenvalue weighted by Crippen LogP contribution is 2.27. The van der Waals surface area contributed by atoms with Crippen LogP contribution in [0.5, 0.6) is 0 Å². The van der Waals surface area contributed by atoms with E-state index in [4.69, 9.17) is 11.6 Å². The normalized spacial score (nSPS) is 10.3. The number of aromatic amines is 1. The molecule has 10 heteroatoms. The van der Waals surface area contributed by atoms with Crippen LogP contribution in [0.25, 0.3) is 0 Å². The van der Waals surface area contributed by atoms with Crippen LogP contribution in [0.3, 0.4) is 0 Å². The number of nitrogens with one attached hydrogen (secondary N) is 2. The van der Waals surface area contributed by atoms with Gasteiger partial charge in [-0.2, -0.15) is 0 Å². The van der Waals surface area contributed by atoms with Crippen LogP contribution in [-0.4, -0.2) is 20.4 Å². The molecule has 23 heavy (non-hydrogen) atoms. The van der Waals surface area contributed by atoms with Crippen molar-refractivity contribution in [2.75, 3.05) is 5.32 Å². The first-order chi connectivity index (χ1) is 10.9. The van der Waals surface area contributed by atoms with E-state index in [1.54, 1.807) is 0 Å². The second-order valence-corrected chi connectivity index (χ2v) is 4.96. The summed E-state index contributed by atoms with van der Waals surface area (Å²) < 4.78 is 1.15. The van der Waals surface area contributed by atoms with E-state index in [1.165, 1.54) is 18.3 Å². The average molecular weight is 339 g/mol. The number of nitro benzene ring substituents is 1. The SMILES string of the molecule is O=C(CCn1ccc(=O)[nH]c1=O)Nc1ccc(Cl)cc1[N+](=O)[O-]. The van der Waals surface area contributed by atoms with Crippen molar-refractivity contribution in [3.05, 3.63) is 66.4 Å². The minimum atomic E-state index is -0.659. The number of rotatable bonds is 5. The van der Waals surface area contributed by atoms with Gasteiger partial charge in [0.15, 0.2) is 0 Å². The zero-order valence-electron chi connectivity index (χ0n) is 11.6. The van der Waals surface area contributed by atoms with E-state index in [9.17, 15) is 24.5 Å². The van der Waals surface area contributed by atoms with Gasteiger partial charge in [0.05, 0.1) is 4.92 Å². The molecule has 0 radical (unpaired) electrons. The largest absolute Gasteiger partial charge is 0.328 e. The van der Waals surface area contributed by atoms with Crippen LogP contribution >= 0.6 is 11.6 Å². The summed E-state index contributed by atoms with van der Waals surface area (Å²) in [6.45, 7) is 0.0167. The summed E-state index contributed by atoms with van der Waals surface area (Å²) in [5.74, 6) is -0.520. The van der Waals surface area contributed by atoms with Crippen LogP contribution in [0, 0.1) is 10.1 Å². The maximum Gasteiger partial charge on any atom is 0.328 e. The fourth-order valence-electron chi connectivity index (χ4n) is 1.82. The first-order valence-corrected chi connectivity index (χ1v) is 6.78. The van der Waals surface area contributed by atoms with E-state index in [0.29, 0.717) is 0 Å². The number of aromatic nitrogens is 2. The Balaban J connectivity index is 2.07. The molecule has 0 saturated carbocycles. The van der Waals surface area contributed by atoms with Gasteiger partial charge in [0, 0.05) is 36.3 Å². The number of nitro groups is 1. The van der Waals surface area contributed by atoms with Crippen molar-refractivity contribution in [3.8, 4) is 0 Å². The highest BCUT2D eigenvalue weighted by atomic mass is 35.5. The number of carbonyl (C=O) groups is 1. The first-order valence-electron chi connectivity index (χ1n) is 6.40. The van der Waals surface area contributed by atoms with E-state index in [2.05, 4.69) is 10.3 Å². The third-order valence-corrected chi connectivity index (χ3v) is 3.14. The lowest BCUT2D eigenvalue weighted by molar-refractivity contribution is -0.383. The highest BCUT2D eigenvalue weighted by Gasteiger charge is 2.16. The number of nitrogens with zero attached hydrogens (tertiary/aromatic N) is 2. The van der Waals surface area contributed by atoms with Gasteiger partial charge in [0.1, 0.15) is 5.69 Å². The van der Waals surface area contributed by atoms with Crippen LogP contribution in [0.15, 0.2) is 40.1 Å². The minimum absolute atomic E-state index is 0.0122. The number of halogens is 1. The maximum atomic E-state index is 11.9. The van der Waals surface area contributed by atoms with Gasteiger partial charge in [-0.1, -0.05) is 11.6 Å². The van der Waals surface area contributed by atoms with Gasteiger partial charge in [-0.3, -0.25) is 24.7 Å². The summed E-state index contributed by atoms with van der Waals surface area (Å²) in [7, 11) is 0. The van der Waals surface area contributed by atoms with Crippen molar-refractivity contribution < 1.29 is 9.72 Å². The van der Waals surface area contributed by atoms with Crippen molar-refractivity contribution in [2.24, 2.45) is 0 Å². The molecule has 0 spiro atoms. The molecule has 0 bridgehead atoms. The molecule has 2 rings (SSSR count). The van der Waals surface area contributed by atoms with Crippen LogP contribution in [0.4, 0.5) is 11.4 Å². The number of hydrogen-bond acceptors (Lipinski definition) is 5. The number of aryl methyl sites for hydroxylation is 1. The van der Waals surface area contributed by atoms with Crippen molar-refractivity contribution in [1.82, 2.24) is 9.55 Å². The van der Waals surface area contributed by atoms with Gasteiger partial charge < -0.3 is 9.88 Å². The molecule has 120 valence electrons. The van der Waals surface area contributed by atoms with Crippen LogP contribution in [0.2, 0.25) is 5.02 Å².